The van der Waals surface area contributed by atoms with Crippen LogP contribution in [0.3, 0.4) is 0 Å². The van der Waals surface area contributed by atoms with Crippen molar-refractivity contribution in [1.29, 1.82) is 0 Å². The third-order valence-corrected chi connectivity index (χ3v) is 4.29. The maximum absolute atomic E-state index is 10.5. The van der Waals surface area contributed by atoms with Gasteiger partial charge in [-0.25, -0.2) is 5.84 Å². The molecule has 0 amide bonds. The van der Waals surface area contributed by atoms with Crippen LogP contribution in [0.15, 0.2) is 47.6 Å². The minimum absolute atomic E-state index is 0.526. The van der Waals surface area contributed by atoms with Gasteiger partial charge in [-0.1, -0.05) is 30.8 Å². The van der Waals surface area contributed by atoms with Gasteiger partial charge < -0.3 is 15.3 Å². The number of aldehydes is 1. The van der Waals surface area contributed by atoms with Gasteiger partial charge >= 0.3 is 0 Å². The van der Waals surface area contributed by atoms with Gasteiger partial charge in [-0.2, -0.15) is 5.10 Å². The minimum Gasteiger partial charge on any atom is -0.497 e. The number of methoxy groups -OCH3 is 2. The van der Waals surface area contributed by atoms with Crippen molar-refractivity contribution in [3.63, 3.8) is 0 Å². The Kier molecular flexibility index (Phi) is 9.78. The predicted molar refractivity (Wildman–Crippen MR) is 113 cm³/mol. The lowest BCUT2D eigenvalue weighted by molar-refractivity contribution is 0.112. The fraction of sp³-hybridized carbons (Fsp3) is 0.263. The van der Waals surface area contributed by atoms with Gasteiger partial charge in [0.2, 0.25) is 5.17 Å². The van der Waals surface area contributed by atoms with E-state index in [0.29, 0.717) is 22.2 Å². The number of rotatable bonds is 5. The number of hydrazine groups is 1. The molecule has 0 fully saturated rings. The quantitative estimate of drug-likeness (QED) is 0.266. The number of carbonyl (C=O) groups is 1. The number of amidine groups is 1. The third kappa shape index (κ3) is 6.84. The standard InChI is InChI=1S/C10H16N4S.C9H10O3/c1-3-15-10(13-11)14(12)9-6-4-5-8(2)7-9;1-11-8-4-3-7(6-10)9(5-8)12-2/h4-7H,3,11-12H2,1-2H3;3-6H,1-2H3/b13-10+;. The van der Waals surface area contributed by atoms with Crippen molar-refractivity contribution in [3.8, 4) is 11.5 Å². The summed E-state index contributed by atoms with van der Waals surface area (Å²) in [6.45, 7) is 4.05. The number of thioether (sulfide) groups is 1. The second-order valence-corrected chi connectivity index (χ2v) is 6.51. The summed E-state index contributed by atoms with van der Waals surface area (Å²) in [5.74, 6) is 13.3. The highest BCUT2D eigenvalue weighted by Gasteiger charge is 2.09. The van der Waals surface area contributed by atoms with Gasteiger partial charge in [0.15, 0.2) is 6.29 Å². The van der Waals surface area contributed by atoms with Crippen LogP contribution in [0, 0.1) is 6.92 Å². The van der Waals surface area contributed by atoms with E-state index in [1.54, 1.807) is 25.3 Å². The largest absolute Gasteiger partial charge is 0.497 e. The van der Waals surface area contributed by atoms with Crippen LogP contribution in [0.25, 0.3) is 0 Å². The van der Waals surface area contributed by atoms with Gasteiger partial charge in [-0.3, -0.25) is 9.80 Å². The fourth-order valence-electron chi connectivity index (χ4n) is 2.10. The number of aryl methyl sites for hydroxylation is 1. The van der Waals surface area contributed by atoms with Crippen LogP contribution in [0.2, 0.25) is 0 Å². The highest BCUT2D eigenvalue weighted by atomic mass is 32.2. The summed E-state index contributed by atoms with van der Waals surface area (Å²) >= 11 is 1.51. The predicted octanol–water partition coefficient (Wildman–Crippen LogP) is 3.17. The fourth-order valence-corrected chi connectivity index (χ4v) is 2.68. The molecule has 0 heterocycles. The van der Waals surface area contributed by atoms with E-state index in [9.17, 15) is 4.79 Å². The van der Waals surface area contributed by atoms with Crippen LogP contribution in [0.4, 0.5) is 5.69 Å². The normalized spacial score (nSPS) is 10.5. The van der Waals surface area contributed by atoms with Crippen LogP contribution in [0.5, 0.6) is 11.5 Å². The van der Waals surface area contributed by atoms with Crippen molar-refractivity contribution in [2.75, 3.05) is 25.0 Å². The number of nitrogens with two attached hydrogens (primary N) is 2. The molecule has 0 radical (unpaired) electrons. The number of carbonyl (C=O) groups excluding carboxylic acids is 1. The van der Waals surface area contributed by atoms with Crippen molar-refractivity contribution < 1.29 is 14.3 Å². The smallest absolute Gasteiger partial charge is 0.201 e. The molecule has 0 atom stereocenters. The molecule has 0 aliphatic carbocycles. The molecule has 27 heavy (non-hydrogen) atoms. The molecule has 0 aliphatic rings. The number of ether oxygens (including phenoxy) is 2. The molecule has 4 N–H and O–H groups in total. The molecule has 2 rings (SSSR count). The molecule has 0 unspecified atom stereocenters. The Labute approximate surface area is 164 Å². The Morgan fingerprint density at radius 1 is 1.22 bits per heavy atom. The Bertz CT molecular complexity index is 768. The lowest BCUT2D eigenvalue weighted by atomic mass is 10.2. The molecule has 2 aromatic carbocycles. The zero-order valence-corrected chi connectivity index (χ0v) is 16.8. The van der Waals surface area contributed by atoms with Crippen molar-refractivity contribution in [2.24, 2.45) is 16.8 Å². The van der Waals surface area contributed by atoms with Crippen LogP contribution in [0.1, 0.15) is 22.8 Å². The van der Waals surface area contributed by atoms with Gasteiger partial charge in [-0.05, 0) is 42.5 Å². The Morgan fingerprint density at radius 3 is 2.48 bits per heavy atom. The van der Waals surface area contributed by atoms with Gasteiger partial charge in [-0.15, -0.1) is 0 Å². The van der Waals surface area contributed by atoms with E-state index in [-0.39, 0.29) is 0 Å². The van der Waals surface area contributed by atoms with Crippen molar-refractivity contribution in [1.82, 2.24) is 0 Å². The molecule has 0 saturated heterocycles. The first-order chi connectivity index (χ1) is 13.0. The van der Waals surface area contributed by atoms with E-state index in [1.165, 1.54) is 23.9 Å². The lowest BCUT2D eigenvalue weighted by Gasteiger charge is -2.19. The molecule has 0 bridgehead atoms. The maximum atomic E-state index is 10.5. The maximum Gasteiger partial charge on any atom is 0.201 e. The average molecular weight is 391 g/mol. The topological polar surface area (TPSA) is 103 Å². The molecule has 2 aromatic rings. The molecule has 8 heteroatoms. The Balaban J connectivity index is 0.000000277. The molecule has 7 nitrogen and oxygen atoms in total. The minimum atomic E-state index is 0.526. The Morgan fingerprint density at radius 2 is 1.96 bits per heavy atom. The highest BCUT2D eigenvalue weighted by molar-refractivity contribution is 8.14. The van der Waals surface area contributed by atoms with E-state index in [1.807, 2.05) is 38.1 Å². The molecule has 0 saturated carbocycles. The zero-order chi connectivity index (χ0) is 20.2. The second kappa shape index (κ2) is 11.8. The van der Waals surface area contributed by atoms with Crippen LogP contribution in [-0.4, -0.2) is 31.4 Å². The molecule has 0 spiro atoms. The molecule has 0 aromatic heterocycles. The number of benzene rings is 2. The summed E-state index contributed by atoms with van der Waals surface area (Å²) in [4.78, 5) is 10.5. The van der Waals surface area contributed by atoms with E-state index in [4.69, 9.17) is 21.2 Å². The van der Waals surface area contributed by atoms with Crippen molar-refractivity contribution >= 4 is 28.9 Å². The Hall–Kier alpha value is -2.71. The van der Waals surface area contributed by atoms with Crippen molar-refractivity contribution in [2.45, 2.75) is 13.8 Å². The molecule has 146 valence electrons. The number of hydrogen-bond donors (Lipinski definition) is 2. The van der Waals surface area contributed by atoms with Crippen LogP contribution < -0.4 is 26.2 Å². The van der Waals surface area contributed by atoms with E-state index < -0.39 is 0 Å². The average Bonchev–Trinajstić information content (AvgIpc) is 2.71. The summed E-state index contributed by atoms with van der Waals surface area (Å²) < 4.78 is 9.93. The summed E-state index contributed by atoms with van der Waals surface area (Å²) in [6, 6.07) is 12.9. The highest BCUT2D eigenvalue weighted by Crippen LogP contribution is 2.22. The van der Waals surface area contributed by atoms with Crippen LogP contribution >= 0.6 is 11.8 Å². The first-order valence-electron chi connectivity index (χ1n) is 8.20. The van der Waals surface area contributed by atoms with Crippen LogP contribution in [-0.2, 0) is 0 Å². The first-order valence-corrected chi connectivity index (χ1v) is 9.18. The van der Waals surface area contributed by atoms with Gasteiger partial charge in [0.1, 0.15) is 11.5 Å². The molecular formula is C19H26N4O3S. The summed E-state index contributed by atoms with van der Waals surface area (Å²) in [5.41, 5.74) is 2.57. The van der Waals surface area contributed by atoms with Crippen molar-refractivity contribution in [3.05, 3.63) is 53.6 Å². The number of hydrazone groups is 1. The van der Waals surface area contributed by atoms with E-state index >= 15 is 0 Å². The number of anilines is 1. The lowest BCUT2D eigenvalue weighted by Crippen LogP contribution is -2.36. The molecule has 0 aliphatic heterocycles. The van der Waals surface area contributed by atoms with Gasteiger partial charge in [0, 0.05) is 6.07 Å². The van der Waals surface area contributed by atoms with Gasteiger partial charge in [0.25, 0.3) is 0 Å². The second-order valence-electron chi connectivity index (χ2n) is 5.28. The third-order valence-electron chi connectivity index (χ3n) is 3.44. The van der Waals surface area contributed by atoms with Gasteiger partial charge in [0.05, 0.1) is 25.5 Å². The molecular weight excluding hydrogens is 364 g/mol. The zero-order valence-electron chi connectivity index (χ0n) is 16.0. The van der Waals surface area contributed by atoms with E-state index in [2.05, 4.69) is 5.10 Å². The summed E-state index contributed by atoms with van der Waals surface area (Å²) in [6.07, 6.45) is 0.748. The SMILES string of the molecule is CCS/C(=N/N)N(N)c1cccc(C)c1.COc1ccc(C=O)c(OC)c1. The van der Waals surface area contributed by atoms with E-state index in [0.717, 1.165) is 23.3 Å². The first kappa shape index (κ1) is 22.3. The summed E-state index contributed by atoms with van der Waals surface area (Å²) in [7, 11) is 3.08. The number of hydrogen-bond acceptors (Lipinski definition) is 7. The summed E-state index contributed by atoms with van der Waals surface area (Å²) in [5, 5.41) is 5.78. The monoisotopic (exact) mass is 390 g/mol. The number of nitrogens with zero attached hydrogens (tertiary/aromatic N) is 2.